The standard InChI is InChI=1S/C24H27N3O2/c1-16-14-24(2,3)26(4)21-11-10-18(12-19(16)21)13-20-22(28)27(23(29)25-20)15-17-8-6-5-7-9-17/h5-13,16H,14-15H2,1-4H3,(H,25,29)/b20-13-/t16-/m0/s1. The number of nitrogens with one attached hydrogen (secondary N) is 1. The number of carbonyl (C=O) groups excluding carboxylic acids is 2. The van der Waals surface area contributed by atoms with Crippen LogP contribution in [-0.2, 0) is 11.3 Å². The highest BCUT2D eigenvalue weighted by atomic mass is 16.2. The molecule has 29 heavy (non-hydrogen) atoms. The van der Waals surface area contributed by atoms with Crippen LogP contribution in [0.15, 0.2) is 54.2 Å². The lowest BCUT2D eigenvalue weighted by atomic mass is 9.80. The van der Waals surface area contributed by atoms with Crippen LogP contribution in [0.25, 0.3) is 6.08 Å². The zero-order chi connectivity index (χ0) is 20.8. The van der Waals surface area contributed by atoms with Crippen molar-refractivity contribution in [2.45, 2.75) is 45.2 Å². The second kappa shape index (κ2) is 7.07. The summed E-state index contributed by atoms with van der Waals surface area (Å²) >= 11 is 0. The summed E-state index contributed by atoms with van der Waals surface area (Å²) in [6.45, 7) is 7.03. The van der Waals surface area contributed by atoms with Gasteiger partial charge in [-0.25, -0.2) is 4.79 Å². The van der Waals surface area contributed by atoms with Crippen LogP contribution in [0.4, 0.5) is 10.5 Å². The van der Waals surface area contributed by atoms with Crippen LogP contribution >= 0.6 is 0 Å². The van der Waals surface area contributed by atoms with Crippen molar-refractivity contribution in [3.05, 3.63) is 70.9 Å². The number of rotatable bonds is 3. The van der Waals surface area contributed by atoms with E-state index in [1.54, 1.807) is 6.08 Å². The van der Waals surface area contributed by atoms with Gasteiger partial charge in [-0.1, -0.05) is 43.3 Å². The maximum absolute atomic E-state index is 12.8. The van der Waals surface area contributed by atoms with Gasteiger partial charge >= 0.3 is 6.03 Å². The van der Waals surface area contributed by atoms with Crippen molar-refractivity contribution in [1.29, 1.82) is 0 Å². The van der Waals surface area contributed by atoms with Gasteiger partial charge in [-0.05, 0) is 61.1 Å². The van der Waals surface area contributed by atoms with E-state index >= 15 is 0 Å². The Morgan fingerprint density at radius 1 is 1.14 bits per heavy atom. The van der Waals surface area contributed by atoms with Gasteiger partial charge in [0.15, 0.2) is 0 Å². The molecule has 1 fully saturated rings. The predicted octanol–water partition coefficient (Wildman–Crippen LogP) is 4.50. The van der Waals surface area contributed by atoms with Gasteiger partial charge in [-0.15, -0.1) is 0 Å². The van der Waals surface area contributed by atoms with Crippen LogP contribution in [0.3, 0.4) is 0 Å². The third-order valence-electron chi connectivity index (χ3n) is 6.11. The van der Waals surface area contributed by atoms with Crippen molar-refractivity contribution in [3.8, 4) is 0 Å². The molecule has 3 amide bonds. The van der Waals surface area contributed by atoms with E-state index < -0.39 is 0 Å². The minimum atomic E-state index is -0.377. The minimum absolute atomic E-state index is 0.111. The van der Waals surface area contributed by atoms with Crippen LogP contribution in [0.2, 0.25) is 0 Å². The summed E-state index contributed by atoms with van der Waals surface area (Å²) in [6, 6.07) is 15.4. The molecule has 2 aromatic carbocycles. The quantitative estimate of drug-likeness (QED) is 0.621. The molecule has 1 saturated heterocycles. The highest BCUT2D eigenvalue weighted by Gasteiger charge is 2.35. The molecule has 2 heterocycles. The summed E-state index contributed by atoms with van der Waals surface area (Å²) in [6.07, 6.45) is 2.84. The predicted molar refractivity (Wildman–Crippen MR) is 115 cm³/mol. The summed E-state index contributed by atoms with van der Waals surface area (Å²) in [4.78, 5) is 28.7. The second-order valence-electron chi connectivity index (χ2n) is 8.66. The molecule has 0 spiro atoms. The molecule has 2 aliphatic heterocycles. The molecule has 0 saturated carbocycles. The fraction of sp³-hybridized carbons (Fsp3) is 0.333. The zero-order valence-electron chi connectivity index (χ0n) is 17.4. The maximum atomic E-state index is 12.8. The third-order valence-corrected chi connectivity index (χ3v) is 6.11. The fourth-order valence-electron chi connectivity index (χ4n) is 4.33. The molecule has 4 rings (SSSR count). The van der Waals surface area contributed by atoms with Crippen molar-refractivity contribution in [3.63, 3.8) is 0 Å². The van der Waals surface area contributed by atoms with Gasteiger partial charge in [0.25, 0.3) is 5.91 Å². The second-order valence-corrected chi connectivity index (χ2v) is 8.66. The SMILES string of the molecule is C[C@H]1CC(C)(C)N(C)c2ccc(/C=C3\NC(=O)N(Cc4ccccc4)C3=O)cc21. The molecule has 1 atom stereocenters. The van der Waals surface area contributed by atoms with Gasteiger partial charge in [-0.3, -0.25) is 9.69 Å². The van der Waals surface area contributed by atoms with Gasteiger partial charge in [0.2, 0.25) is 0 Å². The van der Waals surface area contributed by atoms with E-state index in [0.717, 1.165) is 17.5 Å². The first-order valence-corrected chi connectivity index (χ1v) is 10.0. The third kappa shape index (κ3) is 3.53. The lowest BCUT2D eigenvalue weighted by Gasteiger charge is -2.45. The summed E-state index contributed by atoms with van der Waals surface area (Å²) in [5.74, 6) is 0.140. The van der Waals surface area contributed by atoms with Crippen molar-refractivity contribution < 1.29 is 9.59 Å². The van der Waals surface area contributed by atoms with Crippen LogP contribution in [0.1, 0.15) is 49.8 Å². The van der Waals surface area contributed by atoms with E-state index in [2.05, 4.69) is 50.2 Å². The number of fused-ring (bicyclic) bond motifs is 1. The van der Waals surface area contributed by atoms with Crippen LogP contribution in [-0.4, -0.2) is 29.4 Å². The summed E-state index contributed by atoms with van der Waals surface area (Å²) in [5, 5.41) is 2.72. The number of hydrogen-bond donors (Lipinski definition) is 1. The number of amides is 3. The summed E-state index contributed by atoms with van der Waals surface area (Å²) in [7, 11) is 2.13. The first kappa shape index (κ1) is 19.2. The molecule has 0 aliphatic carbocycles. The van der Waals surface area contributed by atoms with Crippen molar-refractivity contribution in [2.24, 2.45) is 0 Å². The van der Waals surface area contributed by atoms with Gasteiger partial charge in [-0.2, -0.15) is 0 Å². The Hall–Kier alpha value is -3.08. The fourth-order valence-corrected chi connectivity index (χ4v) is 4.33. The Morgan fingerprint density at radius 3 is 2.59 bits per heavy atom. The summed E-state index contributed by atoms with van der Waals surface area (Å²) < 4.78 is 0. The molecule has 0 radical (unpaired) electrons. The largest absolute Gasteiger partial charge is 0.369 e. The number of urea groups is 1. The molecular weight excluding hydrogens is 362 g/mol. The van der Waals surface area contributed by atoms with Crippen LogP contribution in [0.5, 0.6) is 0 Å². The van der Waals surface area contributed by atoms with Crippen LogP contribution in [0, 0.1) is 0 Å². The van der Waals surface area contributed by atoms with Gasteiger partial charge in [0, 0.05) is 18.3 Å². The normalized spacial score (nSPS) is 22.1. The van der Waals surface area contributed by atoms with Gasteiger partial charge in [0.1, 0.15) is 5.70 Å². The van der Waals surface area contributed by atoms with E-state index in [-0.39, 0.29) is 24.0 Å². The molecule has 1 N–H and O–H groups in total. The highest BCUT2D eigenvalue weighted by molar-refractivity contribution is 6.13. The maximum Gasteiger partial charge on any atom is 0.329 e. The van der Waals surface area contributed by atoms with E-state index in [0.29, 0.717) is 11.6 Å². The smallest absolute Gasteiger partial charge is 0.329 e. The number of nitrogens with zero attached hydrogens (tertiary/aromatic N) is 2. The molecule has 2 aliphatic rings. The van der Waals surface area contributed by atoms with Crippen molar-refractivity contribution in [2.75, 3.05) is 11.9 Å². The number of hydrogen-bond acceptors (Lipinski definition) is 3. The van der Waals surface area contributed by atoms with E-state index in [1.807, 2.05) is 36.4 Å². The first-order valence-electron chi connectivity index (χ1n) is 10.0. The number of anilines is 1. The molecule has 0 aromatic heterocycles. The Labute approximate surface area is 172 Å². The molecule has 150 valence electrons. The molecule has 0 bridgehead atoms. The molecule has 0 unspecified atom stereocenters. The van der Waals surface area contributed by atoms with E-state index in [4.69, 9.17) is 0 Å². The van der Waals surface area contributed by atoms with Crippen molar-refractivity contribution in [1.82, 2.24) is 10.2 Å². The zero-order valence-corrected chi connectivity index (χ0v) is 17.4. The number of carbonyl (C=O) groups is 2. The Morgan fingerprint density at radius 2 is 1.86 bits per heavy atom. The Bertz CT molecular complexity index is 994. The highest BCUT2D eigenvalue weighted by Crippen LogP contribution is 2.42. The lowest BCUT2D eigenvalue weighted by Crippen LogP contribution is -2.45. The molecule has 2 aromatic rings. The minimum Gasteiger partial charge on any atom is -0.369 e. The van der Waals surface area contributed by atoms with Crippen LogP contribution < -0.4 is 10.2 Å². The number of imide groups is 1. The van der Waals surface area contributed by atoms with Gasteiger partial charge in [0.05, 0.1) is 6.54 Å². The Balaban J connectivity index is 1.60. The Kier molecular flexibility index (Phi) is 4.69. The first-order chi connectivity index (χ1) is 13.8. The monoisotopic (exact) mass is 389 g/mol. The van der Waals surface area contributed by atoms with Crippen molar-refractivity contribution >= 4 is 23.7 Å². The lowest BCUT2D eigenvalue weighted by molar-refractivity contribution is -0.123. The summed E-state index contributed by atoms with van der Waals surface area (Å²) in [5.41, 5.74) is 4.78. The molecule has 5 nitrogen and oxygen atoms in total. The molecular formula is C24H27N3O2. The van der Waals surface area contributed by atoms with Gasteiger partial charge < -0.3 is 10.2 Å². The van der Waals surface area contributed by atoms with E-state index in [9.17, 15) is 9.59 Å². The number of benzene rings is 2. The topological polar surface area (TPSA) is 52.7 Å². The van der Waals surface area contributed by atoms with E-state index in [1.165, 1.54) is 16.2 Å². The average Bonchev–Trinajstić information content (AvgIpc) is 2.94. The average molecular weight is 389 g/mol. The molecule has 5 heteroatoms.